The number of benzene rings is 1. The number of alkyl halides is 1. The molecule has 0 aliphatic heterocycles. The van der Waals surface area contributed by atoms with E-state index in [1.807, 2.05) is 0 Å². The van der Waals surface area contributed by atoms with E-state index in [1.165, 1.54) is 0 Å². The van der Waals surface area contributed by atoms with Crippen molar-refractivity contribution in [3.63, 3.8) is 0 Å². The van der Waals surface area contributed by atoms with Gasteiger partial charge in [0.25, 0.3) is 0 Å². The third kappa shape index (κ3) is 2.49. The Balaban J connectivity index is 3.24. The molecule has 0 unspecified atom stereocenters. The van der Waals surface area contributed by atoms with Gasteiger partial charge in [0.2, 0.25) is 0 Å². The molecule has 0 saturated carbocycles. The first-order valence-corrected chi connectivity index (χ1v) is 6.72. The van der Waals surface area contributed by atoms with Crippen molar-refractivity contribution in [2.75, 3.05) is 12.4 Å². The minimum Gasteiger partial charge on any atom is -0.496 e. The van der Waals surface area contributed by atoms with E-state index >= 15 is 0 Å². The summed E-state index contributed by atoms with van der Waals surface area (Å²) < 4.78 is 6.83. The van der Waals surface area contributed by atoms with Gasteiger partial charge in [-0.15, -0.1) is 0 Å². The molecule has 14 heavy (non-hydrogen) atoms. The first kappa shape index (κ1) is 12.4. The third-order valence-electron chi connectivity index (χ3n) is 1.69. The van der Waals surface area contributed by atoms with E-state index in [1.54, 1.807) is 19.2 Å². The van der Waals surface area contributed by atoms with Crippen LogP contribution in [-0.2, 0) is 0 Å². The molecule has 5 heteroatoms. The number of halogens is 3. The molecule has 0 saturated heterocycles. The van der Waals surface area contributed by atoms with Crippen LogP contribution in [0.5, 0.6) is 5.75 Å². The van der Waals surface area contributed by atoms with Gasteiger partial charge in [-0.05, 0) is 50.7 Å². The first-order valence-electron chi connectivity index (χ1n) is 3.73. The monoisotopic (exact) mass is 432 g/mol. The fraction of sp³-hybridized carbons (Fsp3) is 0.222. The molecule has 2 nitrogen and oxygen atoms in total. The minimum absolute atomic E-state index is 0.0674. The second-order valence-corrected chi connectivity index (χ2v) is 4.93. The normalized spacial score (nSPS) is 10.0. The summed E-state index contributed by atoms with van der Waals surface area (Å²) >= 11 is 8.66. The average Bonchev–Trinajstić information content (AvgIpc) is 2.21. The van der Waals surface area contributed by atoms with Crippen LogP contribution in [0.1, 0.15) is 10.4 Å². The summed E-state index contributed by atoms with van der Waals surface area (Å²) in [6, 6.07) is 3.55. The van der Waals surface area contributed by atoms with Crippen LogP contribution in [0.25, 0.3) is 0 Å². The van der Waals surface area contributed by atoms with Gasteiger partial charge in [-0.2, -0.15) is 0 Å². The quantitative estimate of drug-likeness (QED) is 0.413. The van der Waals surface area contributed by atoms with Crippen LogP contribution in [0.15, 0.2) is 16.6 Å². The molecule has 0 atom stereocenters. The maximum atomic E-state index is 11.5. The lowest BCUT2D eigenvalue weighted by Gasteiger charge is -2.08. The zero-order valence-electron chi connectivity index (χ0n) is 7.31. The predicted molar refractivity (Wildman–Crippen MR) is 71.5 cm³/mol. The third-order valence-corrected chi connectivity index (χ3v) is 4.85. The van der Waals surface area contributed by atoms with Crippen molar-refractivity contribution in [3.8, 4) is 5.75 Å². The second kappa shape index (κ2) is 5.46. The highest BCUT2D eigenvalue weighted by Gasteiger charge is 2.14. The van der Waals surface area contributed by atoms with Gasteiger partial charge < -0.3 is 4.74 Å². The molecular weight excluding hydrogens is 427 g/mol. The average molecular weight is 434 g/mol. The van der Waals surface area contributed by atoms with Crippen LogP contribution in [0.3, 0.4) is 0 Å². The number of hydrogen-bond donors (Lipinski definition) is 0. The number of rotatable bonds is 3. The Morgan fingerprint density at radius 3 is 2.71 bits per heavy atom. The molecule has 0 aliphatic carbocycles. The standard InChI is InChI=1S/C9H7Br2IO2/c1-14-7-3-2-5(6(13)4-10)9(12)8(7)11/h2-3H,4H2,1H3. The molecule has 0 N–H and O–H groups in total. The molecule has 76 valence electrons. The summed E-state index contributed by atoms with van der Waals surface area (Å²) in [5, 5.41) is 0.335. The maximum Gasteiger partial charge on any atom is 0.174 e. The van der Waals surface area contributed by atoms with Gasteiger partial charge in [0.15, 0.2) is 5.78 Å². The van der Waals surface area contributed by atoms with Gasteiger partial charge in [0.1, 0.15) is 5.75 Å². The minimum atomic E-state index is 0.0674. The topological polar surface area (TPSA) is 26.3 Å². The van der Waals surface area contributed by atoms with E-state index in [-0.39, 0.29) is 5.78 Å². The van der Waals surface area contributed by atoms with Gasteiger partial charge in [0, 0.05) is 9.13 Å². The van der Waals surface area contributed by atoms with Gasteiger partial charge in [-0.3, -0.25) is 4.79 Å². The molecule has 0 radical (unpaired) electrons. The zero-order valence-corrected chi connectivity index (χ0v) is 12.6. The highest BCUT2D eigenvalue weighted by molar-refractivity contribution is 14.1. The van der Waals surface area contributed by atoms with Crippen LogP contribution < -0.4 is 4.74 Å². The fourth-order valence-corrected chi connectivity index (χ4v) is 2.53. The molecule has 0 bridgehead atoms. The molecule has 1 aromatic carbocycles. The number of carbonyl (C=O) groups is 1. The lowest BCUT2D eigenvalue weighted by atomic mass is 10.1. The van der Waals surface area contributed by atoms with E-state index in [0.29, 0.717) is 10.9 Å². The van der Waals surface area contributed by atoms with Crippen LogP contribution in [-0.4, -0.2) is 18.2 Å². The van der Waals surface area contributed by atoms with Crippen molar-refractivity contribution < 1.29 is 9.53 Å². The van der Waals surface area contributed by atoms with Crippen molar-refractivity contribution in [2.45, 2.75) is 0 Å². The van der Waals surface area contributed by atoms with E-state index < -0.39 is 0 Å². The first-order chi connectivity index (χ1) is 6.61. The van der Waals surface area contributed by atoms with Crippen LogP contribution >= 0.6 is 54.5 Å². The largest absolute Gasteiger partial charge is 0.496 e. The van der Waals surface area contributed by atoms with Gasteiger partial charge in [0.05, 0.1) is 16.9 Å². The highest BCUT2D eigenvalue weighted by atomic mass is 127. The lowest BCUT2D eigenvalue weighted by Crippen LogP contribution is -2.03. The summed E-state index contributed by atoms with van der Waals surface area (Å²) in [5.41, 5.74) is 0.704. The van der Waals surface area contributed by atoms with Gasteiger partial charge in [-0.1, -0.05) is 15.9 Å². The Kier molecular flexibility index (Phi) is 4.86. The zero-order chi connectivity index (χ0) is 10.7. The van der Waals surface area contributed by atoms with Crippen molar-refractivity contribution in [1.82, 2.24) is 0 Å². The molecule has 1 rings (SSSR count). The number of carbonyl (C=O) groups excluding carboxylic acids is 1. The molecule has 0 aromatic heterocycles. The summed E-state index contributed by atoms with van der Waals surface area (Å²) in [7, 11) is 1.60. The van der Waals surface area contributed by atoms with Gasteiger partial charge >= 0.3 is 0 Å². The summed E-state index contributed by atoms with van der Waals surface area (Å²) in [6.07, 6.45) is 0. The van der Waals surface area contributed by atoms with Crippen molar-refractivity contribution >= 4 is 60.2 Å². The number of ether oxygens (including phenoxy) is 1. The Bertz CT molecular complexity index is 366. The van der Waals surface area contributed by atoms with Gasteiger partial charge in [-0.25, -0.2) is 0 Å². The van der Waals surface area contributed by atoms with Crippen LogP contribution in [0, 0.1) is 3.57 Å². The van der Waals surface area contributed by atoms with E-state index in [2.05, 4.69) is 54.5 Å². The summed E-state index contributed by atoms with van der Waals surface area (Å²) in [6.45, 7) is 0. The Morgan fingerprint density at radius 1 is 1.57 bits per heavy atom. The predicted octanol–water partition coefficient (Wildman–Crippen LogP) is 3.64. The molecule has 0 aliphatic rings. The van der Waals surface area contributed by atoms with Crippen LogP contribution in [0.2, 0.25) is 0 Å². The van der Waals surface area contributed by atoms with Crippen molar-refractivity contribution in [2.24, 2.45) is 0 Å². The van der Waals surface area contributed by atoms with Crippen molar-refractivity contribution in [3.05, 3.63) is 25.7 Å². The molecule has 0 spiro atoms. The summed E-state index contributed by atoms with van der Waals surface area (Å²) in [4.78, 5) is 11.5. The SMILES string of the molecule is COc1ccc(C(=O)CBr)c(I)c1Br. The highest BCUT2D eigenvalue weighted by Crippen LogP contribution is 2.32. The fourth-order valence-electron chi connectivity index (χ4n) is 0.977. The number of ketones is 1. The lowest BCUT2D eigenvalue weighted by molar-refractivity contribution is 0.102. The van der Waals surface area contributed by atoms with E-state index in [4.69, 9.17) is 4.74 Å². The molecule has 0 amide bonds. The van der Waals surface area contributed by atoms with E-state index in [9.17, 15) is 4.79 Å². The van der Waals surface area contributed by atoms with Crippen molar-refractivity contribution in [1.29, 1.82) is 0 Å². The summed E-state index contributed by atoms with van der Waals surface area (Å²) in [5.74, 6) is 0.804. The second-order valence-electron chi connectivity index (χ2n) is 2.50. The smallest absolute Gasteiger partial charge is 0.174 e. The Morgan fingerprint density at radius 2 is 2.21 bits per heavy atom. The Labute approximate surface area is 113 Å². The molecule has 0 fully saturated rings. The Hall–Kier alpha value is 0.380. The molecule has 1 aromatic rings. The molecule has 0 heterocycles. The molecular formula is C9H7Br2IO2. The van der Waals surface area contributed by atoms with Crippen LogP contribution in [0.4, 0.5) is 0 Å². The van der Waals surface area contributed by atoms with E-state index in [0.717, 1.165) is 13.8 Å². The number of hydrogen-bond acceptors (Lipinski definition) is 2. The number of Topliss-reactive ketones (excluding diaryl/α,β-unsaturated/α-hetero) is 1. The maximum absolute atomic E-state index is 11.5. The number of methoxy groups -OCH3 is 1.